The van der Waals surface area contributed by atoms with E-state index < -0.39 is 6.04 Å². The maximum Gasteiger partial charge on any atom is 0.249 e. The van der Waals surface area contributed by atoms with Crippen molar-refractivity contribution < 1.29 is 9.59 Å². The fourth-order valence-electron chi connectivity index (χ4n) is 1.65. The molecule has 1 aliphatic rings. The van der Waals surface area contributed by atoms with Crippen LogP contribution in [0.1, 0.15) is 12.8 Å². The smallest absolute Gasteiger partial charge is 0.249 e. The number of carbonyl (C=O) groups is 2. The summed E-state index contributed by atoms with van der Waals surface area (Å²) < 4.78 is 0. The minimum absolute atomic E-state index is 0.227. The van der Waals surface area contributed by atoms with Gasteiger partial charge in [-0.1, -0.05) is 0 Å². The first kappa shape index (κ1) is 12.3. The topological polar surface area (TPSA) is 87.2 Å². The van der Waals surface area contributed by atoms with Crippen LogP contribution in [0, 0.1) is 0 Å². The van der Waals surface area contributed by atoms with Gasteiger partial charge in [-0.3, -0.25) is 14.9 Å². The third kappa shape index (κ3) is 2.73. The molecule has 2 heterocycles. The molecular formula is C11H15N5O2. The number of carbonyl (C=O) groups excluding carboxylic acids is 2. The number of imide groups is 1. The van der Waals surface area contributed by atoms with Gasteiger partial charge in [0.2, 0.25) is 17.8 Å². The van der Waals surface area contributed by atoms with Gasteiger partial charge in [-0.25, -0.2) is 4.98 Å². The summed E-state index contributed by atoms with van der Waals surface area (Å²) in [6.45, 7) is 0. The van der Waals surface area contributed by atoms with Crippen LogP contribution in [-0.4, -0.2) is 41.9 Å². The molecule has 1 unspecified atom stereocenters. The van der Waals surface area contributed by atoms with Crippen LogP contribution in [0.3, 0.4) is 0 Å². The van der Waals surface area contributed by atoms with Crippen molar-refractivity contribution in [2.75, 3.05) is 24.3 Å². The molecule has 2 amide bonds. The average Bonchev–Trinajstić information content (AvgIpc) is 2.33. The molecule has 18 heavy (non-hydrogen) atoms. The van der Waals surface area contributed by atoms with Gasteiger partial charge >= 0.3 is 0 Å². The van der Waals surface area contributed by atoms with Gasteiger partial charge in [0.15, 0.2) is 0 Å². The van der Waals surface area contributed by atoms with Crippen molar-refractivity contribution in [1.29, 1.82) is 0 Å². The summed E-state index contributed by atoms with van der Waals surface area (Å²) in [5.41, 5.74) is 0. The number of piperidine rings is 1. The molecule has 0 spiro atoms. The molecule has 0 aliphatic carbocycles. The highest BCUT2D eigenvalue weighted by atomic mass is 16.2. The molecule has 7 heteroatoms. The summed E-state index contributed by atoms with van der Waals surface area (Å²) >= 11 is 0. The fourth-order valence-corrected chi connectivity index (χ4v) is 1.65. The molecule has 1 fully saturated rings. The standard InChI is InChI=1S/C11H15N5O2/c1-16(2)11-12-6-5-8(14-11)13-7-3-4-9(17)15-10(7)18/h5-7H,3-4H2,1-2H3,(H,12,13,14)(H,15,17,18). The molecule has 96 valence electrons. The van der Waals surface area contributed by atoms with E-state index in [4.69, 9.17) is 0 Å². The molecule has 1 aliphatic heterocycles. The molecule has 2 N–H and O–H groups in total. The largest absolute Gasteiger partial charge is 0.358 e. The first-order valence-electron chi connectivity index (χ1n) is 5.67. The van der Waals surface area contributed by atoms with E-state index >= 15 is 0 Å². The van der Waals surface area contributed by atoms with Gasteiger partial charge in [-0.2, -0.15) is 4.98 Å². The van der Waals surface area contributed by atoms with E-state index in [9.17, 15) is 9.59 Å². The molecule has 0 aromatic carbocycles. The van der Waals surface area contributed by atoms with Crippen LogP contribution in [0.2, 0.25) is 0 Å². The predicted octanol–water partition coefficient (Wildman–Crippen LogP) is -0.240. The molecule has 1 atom stereocenters. The van der Waals surface area contributed by atoms with Gasteiger partial charge < -0.3 is 10.2 Å². The number of aromatic nitrogens is 2. The second-order valence-corrected chi connectivity index (χ2v) is 4.28. The van der Waals surface area contributed by atoms with Crippen molar-refractivity contribution in [2.24, 2.45) is 0 Å². The summed E-state index contributed by atoms with van der Waals surface area (Å²) in [6.07, 6.45) is 2.44. The fraction of sp³-hybridized carbons (Fsp3) is 0.455. The zero-order valence-corrected chi connectivity index (χ0v) is 10.3. The van der Waals surface area contributed by atoms with Crippen molar-refractivity contribution in [3.05, 3.63) is 12.3 Å². The number of amides is 2. The van der Waals surface area contributed by atoms with Gasteiger partial charge in [-0.15, -0.1) is 0 Å². The highest BCUT2D eigenvalue weighted by molar-refractivity contribution is 6.01. The number of hydrogen-bond donors (Lipinski definition) is 2. The van der Waals surface area contributed by atoms with Gasteiger partial charge in [-0.05, 0) is 12.5 Å². The van der Waals surface area contributed by atoms with E-state index in [1.54, 1.807) is 17.2 Å². The SMILES string of the molecule is CN(C)c1nccc(NC2CCC(=O)NC2=O)n1. The number of hydrogen-bond acceptors (Lipinski definition) is 6. The van der Waals surface area contributed by atoms with E-state index in [2.05, 4.69) is 20.6 Å². The van der Waals surface area contributed by atoms with E-state index in [1.165, 1.54) is 0 Å². The summed E-state index contributed by atoms with van der Waals surface area (Å²) in [7, 11) is 3.68. The maximum absolute atomic E-state index is 11.6. The Morgan fingerprint density at radius 2 is 2.22 bits per heavy atom. The van der Waals surface area contributed by atoms with Crippen LogP contribution in [0.5, 0.6) is 0 Å². The lowest BCUT2D eigenvalue weighted by Gasteiger charge is -2.22. The van der Waals surface area contributed by atoms with Crippen LogP contribution in [0.25, 0.3) is 0 Å². The zero-order chi connectivity index (χ0) is 13.1. The Morgan fingerprint density at radius 3 is 2.89 bits per heavy atom. The molecule has 7 nitrogen and oxygen atoms in total. The van der Waals surface area contributed by atoms with E-state index in [-0.39, 0.29) is 11.8 Å². The lowest BCUT2D eigenvalue weighted by atomic mass is 10.1. The van der Waals surface area contributed by atoms with Crippen LogP contribution < -0.4 is 15.5 Å². The molecular weight excluding hydrogens is 234 g/mol. The van der Waals surface area contributed by atoms with E-state index in [1.807, 2.05) is 14.1 Å². The van der Waals surface area contributed by atoms with Crippen molar-refractivity contribution >= 4 is 23.6 Å². The predicted molar refractivity (Wildman–Crippen MR) is 66.2 cm³/mol. The van der Waals surface area contributed by atoms with E-state index in [0.29, 0.717) is 24.6 Å². The Hall–Kier alpha value is -2.18. The highest BCUT2D eigenvalue weighted by Crippen LogP contribution is 2.13. The van der Waals surface area contributed by atoms with Crippen LogP contribution >= 0.6 is 0 Å². The molecule has 1 aromatic rings. The molecule has 2 rings (SSSR count). The molecule has 0 radical (unpaired) electrons. The Labute approximate surface area is 105 Å². The van der Waals surface area contributed by atoms with E-state index in [0.717, 1.165) is 0 Å². The molecule has 1 aromatic heterocycles. The first-order chi connectivity index (χ1) is 8.56. The van der Waals surface area contributed by atoms with Crippen molar-refractivity contribution in [3.8, 4) is 0 Å². The van der Waals surface area contributed by atoms with Crippen LogP contribution in [-0.2, 0) is 9.59 Å². The minimum Gasteiger partial charge on any atom is -0.358 e. The zero-order valence-electron chi connectivity index (χ0n) is 10.3. The quantitative estimate of drug-likeness (QED) is 0.719. The molecule has 1 saturated heterocycles. The first-order valence-corrected chi connectivity index (χ1v) is 5.67. The van der Waals surface area contributed by atoms with Gasteiger partial charge in [0.05, 0.1) is 0 Å². The van der Waals surface area contributed by atoms with Gasteiger partial charge in [0.25, 0.3) is 0 Å². The Balaban J connectivity index is 2.07. The lowest BCUT2D eigenvalue weighted by molar-refractivity contribution is -0.133. The number of nitrogens with zero attached hydrogens (tertiary/aromatic N) is 3. The summed E-state index contributed by atoms with van der Waals surface area (Å²) in [4.78, 5) is 32.7. The summed E-state index contributed by atoms with van der Waals surface area (Å²) in [6, 6.07) is 1.27. The normalized spacial score (nSPS) is 19.3. The third-order valence-corrected chi connectivity index (χ3v) is 2.60. The van der Waals surface area contributed by atoms with Gasteiger partial charge in [0, 0.05) is 26.7 Å². The monoisotopic (exact) mass is 249 g/mol. The maximum atomic E-state index is 11.6. The third-order valence-electron chi connectivity index (χ3n) is 2.60. The Bertz CT molecular complexity index is 474. The minimum atomic E-state index is -0.424. The number of anilines is 2. The number of nitrogens with one attached hydrogen (secondary N) is 2. The van der Waals surface area contributed by atoms with Crippen molar-refractivity contribution in [1.82, 2.24) is 15.3 Å². The lowest BCUT2D eigenvalue weighted by Crippen LogP contribution is -2.47. The summed E-state index contributed by atoms with van der Waals surface area (Å²) in [5, 5.41) is 5.30. The number of rotatable bonds is 3. The second-order valence-electron chi connectivity index (χ2n) is 4.28. The van der Waals surface area contributed by atoms with Gasteiger partial charge in [0.1, 0.15) is 11.9 Å². The average molecular weight is 249 g/mol. The highest BCUT2D eigenvalue weighted by Gasteiger charge is 2.26. The Morgan fingerprint density at radius 1 is 1.44 bits per heavy atom. The molecule has 0 saturated carbocycles. The Kier molecular flexibility index (Phi) is 3.40. The second kappa shape index (κ2) is 4.99. The summed E-state index contributed by atoms with van der Waals surface area (Å²) in [5.74, 6) is 0.599. The van der Waals surface area contributed by atoms with Crippen molar-refractivity contribution in [3.63, 3.8) is 0 Å². The van der Waals surface area contributed by atoms with Crippen LogP contribution in [0.4, 0.5) is 11.8 Å². The molecule has 0 bridgehead atoms. The van der Waals surface area contributed by atoms with Crippen LogP contribution in [0.15, 0.2) is 12.3 Å². The van der Waals surface area contributed by atoms with Crippen molar-refractivity contribution in [2.45, 2.75) is 18.9 Å².